The van der Waals surface area contributed by atoms with Gasteiger partial charge >= 0.3 is 0 Å². The van der Waals surface area contributed by atoms with E-state index in [1.54, 1.807) is 0 Å². The van der Waals surface area contributed by atoms with Gasteiger partial charge in [0.1, 0.15) is 22.3 Å². The number of hydrogen-bond acceptors (Lipinski definition) is 4. The summed E-state index contributed by atoms with van der Waals surface area (Å²) >= 11 is 0. The quantitative estimate of drug-likeness (QED) is 0.0965. The van der Waals surface area contributed by atoms with Crippen LogP contribution in [0.4, 0.5) is 34.1 Å². The topological polar surface area (TPSA) is 32.8 Å². The van der Waals surface area contributed by atoms with Gasteiger partial charge in [0.05, 0.1) is 22.2 Å². The van der Waals surface area contributed by atoms with Crippen molar-refractivity contribution in [3.05, 3.63) is 566 Å². The molecule has 4 heteroatoms. The van der Waals surface area contributed by atoms with Gasteiger partial charge in [-0.25, -0.2) is 0 Å². The van der Waals surface area contributed by atoms with Gasteiger partial charge in [-0.2, -0.15) is 0 Å². The fraction of sp³-hybridized carbons (Fsp3) is 0.0154. The summed E-state index contributed by atoms with van der Waals surface area (Å²) in [5.41, 5.74) is 38.1. The molecule has 4 nitrogen and oxygen atoms in total. The molecule has 0 saturated heterocycles. The predicted molar refractivity (Wildman–Crippen MR) is 559 cm³/mol. The SMILES string of the molecule is c1ccc(C2(c3ccccc3)c3ccccc3-c3c(N(c4ccc(-c5ccc(-c6ccc7ccccc7c6)cc5)cc4)c4cccc(-c5ccc6c(c5)oc5ccccc56)c4)cccc32)cc1.c1ccc(C2(c3ccccc3)c3ccccc3-c3c(N(c4ccc(-c5ccc(-c6cccc7ccccc67)cc5)cc4)c4cccc(-c5ccc6c(c5)oc5ccccc56)c4)cccc32)cc1. The Morgan fingerprint density at radius 1 is 0.157 bits per heavy atom. The van der Waals surface area contributed by atoms with Gasteiger partial charge in [0, 0.05) is 55.4 Å². The van der Waals surface area contributed by atoms with E-state index < -0.39 is 10.8 Å². The van der Waals surface area contributed by atoms with Gasteiger partial charge in [0.15, 0.2) is 0 Å². The summed E-state index contributed by atoms with van der Waals surface area (Å²) in [6.07, 6.45) is 0. The molecule has 2 aliphatic carbocycles. The molecule has 24 aromatic rings. The van der Waals surface area contributed by atoms with Crippen molar-refractivity contribution in [1.82, 2.24) is 0 Å². The summed E-state index contributed by atoms with van der Waals surface area (Å²) in [5.74, 6) is 0. The summed E-state index contributed by atoms with van der Waals surface area (Å²) < 4.78 is 12.8. The summed E-state index contributed by atoms with van der Waals surface area (Å²) in [4.78, 5) is 4.91. The average Bonchev–Trinajstić information content (AvgIpc) is 1.53. The number of anilines is 6. The predicted octanol–water partition coefficient (Wildman–Crippen LogP) is 35.1. The minimum atomic E-state index is -0.526. The van der Waals surface area contributed by atoms with Crippen molar-refractivity contribution in [1.29, 1.82) is 0 Å². The summed E-state index contributed by atoms with van der Waals surface area (Å²) in [7, 11) is 0. The van der Waals surface area contributed by atoms with Crippen LogP contribution in [0.25, 0.3) is 154 Å². The molecule has 26 rings (SSSR count). The highest BCUT2D eigenvalue weighted by molar-refractivity contribution is 6.09. The van der Waals surface area contributed by atoms with Gasteiger partial charge in [-0.05, 0) is 247 Å². The van der Waals surface area contributed by atoms with E-state index in [2.05, 4.69) is 507 Å². The number of rotatable bonds is 16. The van der Waals surface area contributed by atoms with E-state index in [9.17, 15) is 0 Å². The van der Waals surface area contributed by atoms with Gasteiger partial charge < -0.3 is 18.6 Å². The van der Waals surface area contributed by atoms with Crippen LogP contribution in [0.5, 0.6) is 0 Å². The van der Waals surface area contributed by atoms with Crippen LogP contribution in [0.1, 0.15) is 44.5 Å². The molecule has 0 aliphatic heterocycles. The first-order valence-electron chi connectivity index (χ1n) is 46.1. The molecule has 2 heterocycles. The van der Waals surface area contributed by atoms with Crippen LogP contribution in [0.2, 0.25) is 0 Å². The van der Waals surface area contributed by atoms with Crippen LogP contribution in [0.15, 0.2) is 531 Å². The number of fused-ring (bicyclic) bond motifs is 14. The van der Waals surface area contributed by atoms with Crippen LogP contribution < -0.4 is 9.80 Å². The molecular formula is C130H86N2O2. The summed E-state index contributed by atoms with van der Waals surface area (Å²) in [6, 6.07) is 190. The minimum absolute atomic E-state index is 0.525. The molecule has 0 N–H and O–H groups in total. The monoisotopic (exact) mass is 1710 g/mol. The largest absolute Gasteiger partial charge is 0.456 e. The Hall–Kier alpha value is -17.4. The smallest absolute Gasteiger partial charge is 0.136 e. The van der Waals surface area contributed by atoms with Crippen LogP contribution >= 0.6 is 0 Å². The third-order valence-electron chi connectivity index (χ3n) is 27.9. The number of furan rings is 2. The zero-order chi connectivity index (χ0) is 88.6. The Morgan fingerprint density at radius 2 is 0.463 bits per heavy atom. The third-order valence-corrected chi connectivity index (χ3v) is 27.9. The molecule has 0 saturated carbocycles. The van der Waals surface area contributed by atoms with Crippen molar-refractivity contribution in [2.75, 3.05) is 9.80 Å². The third kappa shape index (κ3) is 13.3. The minimum Gasteiger partial charge on any atom is -0.456 e. The van der Waals surface area contributed by atoms with Crippen molar-refractivity contribution in [2.45, 2.75) is 10.8 Å². The first-order valence-corrected chi connectivity index (χ1v) is 46.1. The molecule has 134 heavy (non-hydrogen) atoms. The van der Waals surface area contributed by atoms with Crippen LogP contribution in [0.3, 0.4) is 0 Å². The zero-order valence-electron chi connectivity index (χ0n) is 73.4. The molecule has 0 amide bonds. The van der Waals surface area contributed by atoms with Crippen molar-refractivity contribution in [2.24, 2.45) is 0 Å². The van der Waals surface area contributed by atoms with Crippen molar-refractivity contribution >= 4 is 99.5 Å². The Morgan fingerprint density at radius 3 is 0.925 bits per heavy atom. The Kier molecular flexibility index (Phi) is 19.4. The standard InChI is InChI=1S/2C65H43NO/c1-3-19-50(20-4-1)65(51-21-5-2-6-22-51)59-28-11-9-26-58(59)64-60(65)29-15-30-61(64)66(53-23-13-18-48(42-53)49-38-41-57-56-25-10-12-31-62(56)67-63(57)43-49)52-39-36-45(37-40-52)44-32-34-47(35-33-44)55-27-14-17-46-16-7-8-24-54(46)55;1-3-18-52(19-4-1)65(53-20-5-2-6-21-53)59-25-11-9-24-58(59)64-60(65)26-14-27-61(64)66(55-22-13-17-49(42-55)51-37-40-57-56-23-10-12-28-62(56)67-63(57)43-51)54-38-35-46(36-39-54)45-29-31-47(32-30-45)50-34-33-44-15-7-8-16-48(44)41-50/h2*1-43H. The molecule has 0 fully saturated rings. The molecule has 22 aromatic carbocycles. The molecule has 0 unspecified atom stereocenters. The van der Waals surface area contributed by atoms with E-state index in [4.69, 9.17) is 8.83 Å². The zero-order valence-corrected chi connectivity index (χ0v) is 73.4. The molecular weight excluding hydrogens is 1620 g/mol. The van der Waals surface area contributed by atoms with E-state index in [-0.39, 0.29) is 0 Å². The highest BCUT2D eigenvalue weighted by Crippen LogP contribution is 2.62. The van der Waals surface area contributed by atoms with Gasteiger partial charge in [0.2, 0.25) is 0 Å². The van der Waals surface area contributed by atoms with E-state index in [0.29, 0.717) is 0 Å². The fourth-order valence-electron chi connectivity index (χ4n) is 21.8. The molecule has 2 aliphatic rings. The second kappa shape index (κ2) is 32.9. The van der Waals surface area contributed by atoms with Crippen molar-refractivity contribution in [3.63, 3.8) is 0 Å². The van der Waals surface area contributed by atoms with E-state index in [1.807, 2.05) is 24.3 Å². The molecule has 0 atom stereocenters. The Balaban J connectivity index is 0.000000143. The lowest BCUT2D eigenvalue weighted by Gasteiger charge is -2.34. The normalized spacial score (nSPS) is 12.6. The van der Waals surface area contributed by atoms with Crippen LogP contribution in [-0.2, 0) is 10.8 Å². The second-order valence-corrected chi connectivity index (χ2v) is 35.2. The molecule has 0 radical (unpaired) electrons. The first kappa shape index (κ1) is 78.8. The number of benzene rings is 22. The van der Waals surface area contributed by atoms with Crippen LogP contribution in [0, 0.1) is 0 Å². The molecule has 0 bridgehead atoms. The van der Waals surface area contributed by atoms with Gasteiger partial charge in [0.25, 0.3) is 0 Å². The summed E-state index contributed by atoms with van der Waals surface area (Å²) in [5, 5.41) is 9.53. The van der Waals surface area contributed by atoms with Gasteiger partial charge in [-0.15, -0.1) is 0 Å². The number of nitrogens with zero attached hydrogens (tertiary/aromatic N) is 2. The van der Waals surface area contributed by atoms with Crippen molar-refractivity contribution in [3.8, 4) is 89.0 Å². The summed E-state index contributed by atoms with van der Waals surface area (Å²) in [6.45, 7) is 0. The molecule has 2 aromatic heterocycles. The van der Waals surface area contributed by atoms with Gasteiger partial charge in [-0.1, -0.05) is 419 Å². The van der Waals surface area contributed by atoms with Crippen molar-refractivity contribution < 1.29 is 8.83 Å². The van der Waals surface area contributed by atoms with E-state index in [1.165, 1.54) is 122 Å². The maximum Gasteiger partial charge on any atom is 0.136 e. The lowest BCUT2D eigenvalue weighted by atomic mass is 9.68. The molecule has 0 spiro atoms. The lowest BCUT2D eigenvalue weighted by Crippen LogP contribution is -2.28. The first-order chi connectivity index (χ1) is 66.4. The lowest BCUT2D eigenvalue weighted by molar-refractivity contribution is 0.668. The highest BCUT2D eigenvalue weighted by atomic mass is 16.3. The van der Waals surface area contributed by atoms with E-state index in [0.717, 1.165) is 111 Å². The average molecular weight is 1710 g/mol. The number of hydrogen-bond donors (Lipinski definition) is 0. The Labute approximate surface area is 778 Å². The van der Waals surface area contributed by atoms with Gasteiger partial charge in [-0.3, -0.25) is 0 Å². The maximum atomic E-state index is 6.39. The fourth-order valence-corrected chi connectivity index (χ4v) is 21.8. The highest BCUT2D eigenvalue weighted by Gasteiger charge is 2.49. The molecule has 628 valence electrons. The maximum absolute atomic E-state index is 6.39. The second-order valence-electron chi connectivity index (χ2n) is 35.2. The Bertz CT molecular complexity index is 8500. The van der Waals surface area contributed by atoms with E-state index >= 15 is 0 Å². The number of para-hydroxylation sites is 2. The van der Waals surface area contributed by atoms with Crippen LogP contribution in [-0.4, -0.2) is 0 Å².